The van der Waals surface area contributed by atoms with E-state index in [2.05, 4.69) is 5.32 Å². The Hall–Kier alpha value is -1.14. The van der Waals surface area contributed by atoms with E-state index in [4.69, 9.17) is 9.84 Å². The van der Waals surface area contributed by atoms with E-state index < -0.39 is 5.97 Å². The molecule has 6 nitrogen and oxygen atoms in total. The van der Waals surface area contributed by atoms with Gasteiger partial charge in [0.1, 0.15) is 0 Å². The number of hydrogen-bond donors (Lipinski definition) is 2. The predicted octanol–water partition coefficient (Wildman–Crippen LogP) is 0.0766. The van der Waals surface area contributed by atoms with Gasteiger partial charge in [-0.2, -0.15) is 0 Å². The molecule has 0 aromatic rings. The minimum atomic E-state index is -0.893. The van der Waals surface area contributed by atoms with Gasteiger partial charge < -0.3 is 20.1 Å². The Labute approximate surface area is 107 Å². The third-order valence-corrected chi connectivity index (χ3v) is 2.79. The lowest BCUT2D eigenvalue weighted by molar-refractivity contribution is -0.147. The number of ether oxygens (including phenoxy) is 1. The molecule has 0 bridgehead atoms. The smallest absolute Gasteiger partial charge is 0.306 e. The van der Waals surface area contributed by atoms with Crippen molar-refractivity contribution in [1.82, 2.24) is 10.2 Å². The van der Waals surface area contributed by atoms with Gasteiger partial charge in [-0.05, 0) is 0 Å². The van der Waals surface area contributed by atoms with Crippen LogP contribution in [0.5, 0.6) is 0 Å². The fourth-order valence-electron chi connectivity index (χ4n) is 1.89. The molecule has 18 heavy (non-hydrogen) atoms. The largest absolute Gasteiger partial charge is 0.481 e. The van der Waals surface area contributed by atoms with Crippen molar-refractivity contribution in [3.63, 3.8) is 0 Å². The van der Waals surface area contributed by atoms with Crippen LogP contribution in [0, 0.1) is 0 Å². The highest BCUT2D eigenvalue weighted by molar-refractivity contribution is 5.76. The number of carbonyl (C=O) groups is 2. The summed E-state index contributed by atoms with van der Waals surface area (Å²) in [6.45, 7) is 6.06. The van der Waals surface area contributed by atoms with E-state index >= 15 is 0 Å². The molecule has 1 rings (SSSR count). The van der Waals surface area contributed by atoms with Crippen molar-refractivity contribution in [3.8, 4) is 0 Å². The van der Waals surface area contributed by atoms with Crippen LogP contribution in [0.2, 0.25) is 0 Å². The molecule has 6 heteroatoms. The Bertz CT molecular complexity index is 294. The number of amides is 1. The molecule has 0 aliphatic carbocycles. The molecule has 1 atom stereocenters. The molecule has 0 saturated carbocycles. The van der Waals surface area contributed by atoms with E-state index in [1.54, 1.807) is 4.90 Å². The first kappa shape index (κ1) is 14.9. The average molecular weight is 258 g/mol. The highest BCUT2D eigenvalue weighted by atomic mass is 16.5. The molecule has 1 fully saturated rings. The molecule has 2 N–H and O–H groups in total. The van der Waals surface area contributed by atoms with Gasteiger partial charge in [0.25, 0.3) is 0 Å². The molecule has 1 aliphatic heterocycles. The van der Waals surface area contributed by atoms with Crippen LogP contribution in [0.15, 0.2) is 0 Å². The molecule has 1 aliphatic rings. The second-order valence-corrected chi connectivity index (χ2v) is 4.79. The maximum atomic E-state index is 11.9. The van der Waals surface area contributed by atoms with Crippen molar-refractivity contribution in [2.45, 2.75) is 38.8 Å². The van der Waals surface area contributed by atoms with Crippen molar-refractivity contribution in [1.29, 1.82) is 0 Å². The van der Waals surface area contributed by atoms with Gasteiger partial charge in [0, 0.05) is 32.1 Å². The van der Waals surface area contributed by atoms with Crippen molar-refractivity contribution in [2.24, 2.45) is 0 Å². The van der Waals surface area contributed by atoms with Crippen LogP contribution >= 0.6 is 0 Å². The van der Waals surface area contributed by atoms with E-state index in [1.165, 1.54) is 0 Å². The molecule has 1 unspecified atom stereocenters. The topological polar surface area (TPSA) is 78.9 Å². The van der Waals surface area contributed by atoms with Gasteiger partial charge in [-0.15, -0.1) is 0 Å². The van der Waals surface area contributed by atoms with Gasteiger partial charge in [-0.3, -0.25) is 9.59 Å². The monoisotopic (exact) mass is 258 g/mol. The molecule has 0 spiro atoms. The number of carboxylic acids is 1. The maximum absolute atomic E-state index is 11.9. The quantitative estimate of drug-likeness (QED) is 0.705. The molecule has 104 valence electrons. The fourth-order valence-corrected chi connectivity index (χ4v) is 1.89. The van der Waals surface area contributed by atoms with E-state index in [-0.39, 0.29) is 18.4 Å². The number of rotatable bonds is 6. The summed E-state index contributed by atoms with van der Waals surface area (Å²) in [6.07, 6.45) is 0.0182. The minimum absolute atomic E-state index is 0.0476. The van der Waals surface area contributed by atoms with Crippen molar-refractivity contribution < 1.29 is 19.4 Å². The zero-order chi connectivity index (χ0) is 13.5. The summed E-state index contributed by atoms with van der Waals surface area (Å²) in [4.78, 5) is 24.2. The number of carbonyl (C=O) groups excluding carboxylic acids is 1. The van der Waals surface area contributed by atoms with Crippen molar-refractivity contribution in [2.75, 3.05) is 26.2 Å². The van der Waals surface area contributed by atoms with Crippen LogP contribution in [0.25, 0.3) is 0 Å². The Morgan fingerprint density at radius 3 is 2.83 bits per heavy atom. The van der Waals surface area contributed by atoms with Gasteiger partial charge in [-0.25, -0.2) is 0 Å². The Balaban J connectivity index is 2.31. The molecule has 1 amide bonds. The third kappa shape index (κ3) is 5.46. The molecule has 0 aromatic heterocycles. The first-order chi connectivity index (χ1) is 8.49. The second-order valence-electron chi connectivity index (χ2n) is 4.79. The number of nitrogens with zero attached hydrogens (tertiary/aromatic N) is 1. The van der Waals surface area contributed by atoms with Crippen LogP contribution in [0.4, 0.5) is 0 Å². The van der Waals surface area contributed by atoms with Crippen LogP contribution in [0.3, 0.4) is 0 Å². The lowest BCUT2D eigenvalue weighted by Gasteiger charge is -2.32. The molecule has 0 radical (unpaired) electrons. The summed E-state index contributed by atoms with van der Waals surface area (Å²) in [5, 5.41) is 11.9. The molecular formula is C12H22N2O4. The number of aliphatic carboxylic acids is 1. The van der Waals surface area contributed by atoms with E-state index in [0.29, 0.717) is 38.7 Å². The van der Waals surface area contributed by atoms with E-state index in [0.717, 1.165) is 0 Å². The molecule has 1 heterocycles. The summed E-state index contributed by atoms with van der Waals surface area (Å²) in [6, 6.07) is 0.363. The predicted molar refractivity (Wildman–Crippen MR) is 66.3 cm³/mol. The highest BCUT2D eigenvalue weighted by Crippen LogP contribution is 2.09. The van der Waals surface area contributed by atoms with E-state index in [1.807, 2.05) is 13.8 Å². The average Bonchev–Trinajstić information content (AvgIpc) is 2.27. The molecular weight excluding hydrogens is 236 g/mol. The van der Waals surface area contributed by atoms with E-state index in [9.17, 15) is 9.59 Å². The standard InChI is InChI=1S/C12H22N2O4/c1-9(2)13-4-3-11(15)14-5-6-18-10(8-14)7-12(16)17/h9-10,13H,3-8H2,1-2H3,(H,16,17). The normalized spacial score (nSPS) is 20.2. The SMILES string of the molecule is CC(C)NCCC(=O)N1CCOC(CC(=O)O)C1. The summed E-state index contributed by atoms with van der Waals surface area (Å²) in [5.74, 6) is -0.836. The minimum Gasteiger partial charge on any atom is -0.481 e. The molecule has 1 saturated heterocycles. The van der Waals surface area contributed by atoms with Gasteiger partial charge in [-0.1, -0.05) is 13.8 Å². The summed E-state index contributed by atoms with van der Waals surface area (Å²) in [7, 11) is 0. The Kier molecular flexibility index (Phi) is 6.07. The van der Waals surface area contributed by atoms with Crippen molar-refractivity contribution in [3.05, 3.63) is 0 Å². The van der Waals surface area contributed by atoms with Gasteiger partial charge in [0.05, 0.1) is 19.1 Å². The van der Waals surface area contributed by atoms with Gasteiger partial charge >= 0.3 is 5.97 Å². The second kappa shape index (κ2) is 7.33. The number of carboxylic acid groups (broad SMARTS) is 1. The zero-order valence-electron chi connectivity index (χ0n) is 11.0. The van der Waals surface area contributed by atoms with Crippen molar-refractivity contribution >= 4 is 11.9 Å². The van der Waals surface area contributed by atoms with Crippen LogP contribution in [-0.2, 0) is 14.3 Å². The Morgan fingerprint density at radius 1 is 1.50 bits per heavy atom. The molecule has 0 aromatic carbocycles. The summed E-state index contributed by atoms with van der Waals surface area (Å²) in [5.41, 5.74) is 0. The number of nitrogens with one attached hydrogen (secondary N) is 1. The number of hydrogen-bond acceptors (Lipinski definition) is 4. The zero-order valence-corrected chi connectivity index (χ0v) is 11.0. The van der Waals surface area contributed by atoms with Gasteiger partial charge in [0.2, 0.25) is 5.91 Å². The highest BCUT2D eigenvalue weighted by Gasteiger charge is 2.25. The summed E-state index contributed by atoms with van der Waals surface area (Å²) < 4.78 is 5.32. The lowest BCUT2D eigenvalue weighted by Crippen LogP contribution is -2.47. The van der Waals surface area contributed by atoms with Crippen LogP contribution < -0.4 is 5.32 Å². The van der Waals surface area contributed by atoms with Crippen LogP contribution in [-0.4, -0.2) is 60.3 Å². The fraction of sp³-hybridized carbons (Fsp3) is 0.833. The number of morpholine rings is 1. The van der Waals surface area contributed by atoms with Crippen LogP contribution in [0.1, 0.15) is 26.7 Å². The Morgan fingerprint density at radius 2 is 2.22 bits per heavy atom. The first-order valence-electron chi connectivity index (χ1n) is 6.33. The third-order valence-electron chi connectivity index (χ3n) is 2.79. The maximum Gasteiger partial charge on any atom is 0.306 e. The summed E-state index contributed by atoms with van der Waals surface area (Å²) >= 11 is 0. The van der Waals surface area contributed by atoms with Gasteiger partial charge in [0.15, 0.2) is 0 Å². The first-order valence-corrected chi connectivity index (χ1v) is 6.33. The lowest BCUT2D eigenvalue weighted by atomic mass is 10.2.